The average molecular weight is 373 g/mol. The van der Waals surface area contributed by atoms with Crippen molar-refractivity contribution in [3.63, 3.8) is 0 Å². The summed E-state index contributed by atoms with van der Waals surface area (Å²) < 4.78 is 23.4. The molecule has 2 aliphatic heterocycles. The number of nitrogens with zero attached hydrogens (tertiary/aromatic N) is 2. The molecule has 0 bridgehead atoms. The van der Waals surface area contributed by atoms with Crippen LogP contribution in [0.4, 0.5) is 0 Å². The molecule has 1 N–H and O–H groups in total. The normalized spacial score (nSPS) is 22.3. The maximum Gasteiger partial charge on any atom is 0.252 e. The lowest BCUT2D eigenvalue weighted by Gasteiger charge is -2.29. The lowest BCUT2D eigenvalue weighted by atomic mass is 9.95. The number of carbonyl (C=O) groups is 1. The zero-order chi connectivity index (χ0) is 18.3. The predicted molar refractivity (Wildman–Crippen MR) is 101 cm³/mol. The number of hydrogen-bond acceptors (Lipinski definition) is 5. The highest BCUT2D eigenvalue weighted by molar-refractivity contribution is 7.91. The van der Waals surface area contributed by atoms with Gasteiger partial charge in [-0.3, -0.25) is 14.7 Å². The third-order valence-corrected chi connectivity index (χ3v) is 7.14. The molecule has 1 atom stereocenters. The Morgan fingerprint density at radius 1 is 1.35 bits per heavy atom. The van der Waals surface area contributed by atoms with E-state index in [9.17, 15) is 13.2 Å². The molecule has 26 heavy (non-hydrogen) atoms. The van der Waals surface area contributed by atoms with E-state index in [1.165, 1.54) is 0 Å². The summed E-state index contributed by atoms with van der Waals surface area (Å²) in [6.07, 6.45) is 1.31. The third kappa shape index (κ3) is 3.21. The molecule has 4 rings (SSSR count). The summed E-state index contributed by atoms with van der Waals surface area (Å²) in [4.78, 5) is 20.2. The molecule has 1 fully saturated rings. The van der Waals surface area contributed by atoms with Gasteiger partial charge in [-0.05, 0) is 19.0 Å². The minimum Gasteiger partial charge on any atom is -0.348 e. The first-order valence-corrected chi connectivity index (χ1v) is 10.9. The summed E-state index contributed by atoms with van der Waals surface area (Å²) in [5, 5.41) is 3.80. The van der Waals surface area contributed by atoms with E-state index in [2.05, 4.69) is 17.1 Å². The molecule has 2 aliphatic rings. The van der Waals surface area contributed by atoms with Crippen molar-refractivity contribution >= 4 is 26.6 Å². The second-order valence-corrected chi connectivity index (χ2v) is 9.35. The number of amides is 1. The van der Waals surface area contributed by atoms with Gasteiger partial charge in [0.1, 0.15) is 0 Å². The van der Waals surface area contributed by atoms with E-state index < -0.39 is 9.84 Å². The van der Waals surface area contributed by atoms with Crippen LogP contribution in [0.15, 0.2) is 24.3 Å². The van der Waals surface area contributed by atoms with Crippen LogP contribution in [0.3, 0.4) is 0 Å². The Morgan fingerprint density at radius 3 is 2.88 bits per heavy atom. The van der Waals surface area contributed by atoms with Crippen molar-refractivity contribution in [3.8, 4) is 0 Å². The first kappa shape index (κ1) is 17.4. The van der Waals surface area contributed by atoms with Gasteiger partial charge >= 0.3 is 0 Å². The molecular weight excluding hydrogens is 350 g/mol. The van der Waals surface area contributed by atoms with E-state index in [-0.39, 0.29) is 23.5 Å². The molecule has 0 radical (unpaired) electrons. The number of hydrogen-bond donors (Lipinski definition) is 1. The first-order valence-electron chi connectivity index (χ1n) is 9.11. The zero-order valence-electron chi connectivity index (χ0n) is 14.9. The molecule has 2 aromatic rings. The Hall–Kier alpha value is -1.99. The Morgan fingerprint density at radius 2 is 2.15 bits per heavy atom. The van der Waals surface area contributed by atoms with Crippen molar-refractivity contribution in [1.82, 2.24) is 15.2 Å². The number of benzene rings is 1. The van der Waals surface area contributed by atoms with Gasteiger partial charge < -0.3 is 5.32 Å². The Kier molecular flexibility index (Phi) is 4.44. The molecule has 1 amide bonds. The second kappa shape index (κ2) is 6.63. The summed E-state index contributed by atoms with van der Waals surface area (Å²) in [7, 11) is -3.03. The molecular formula is C19H23N3O3S. The minimum absolute atomic E-state index is 0.0328. The Balaban J connectivity index is 1.76. The van der Waals surface area contributed by atoms with Gasteiger partial charge in [0.25, 0.3) is 5.91 Å². The number of likely N-dealkylation sites (N-methyl/N-ethyl adjacent to an activating group) is 1. The maximum atomic E-state index is 13.1. The van der Waals surface area contributed by atoms with Gasteiger partial charge in [-0.25, -0.2) is 8.42 Å². The van der Waals surface area contributed by atoms with Crippen molar-refractivity contribution < 1.29 is 13.2 Å². The highest BCUT2D eigenvalue weighted by Crippen LogP contribution is 2.28. The molecule has 1 aromatic carbocycles. The van der Waals surface area contributed by atoms with Crippen LogP contribution in [0, 0.1) is 0 Å². The number of sulfone groups is 1. The van der Waals surface area contributed by atoms with Crippen molar-refractivity contribution in [2.24, 2.45) is 0 Å². The van der Waals surface area contributed by atoms with Gasteiger partial charge in [-0.1, -0.05) is 25.1 Å². The van der Waals surface area contributed by atoms with Crippen LogP contribution >= 0.6 is 0 Å². The predicted octanol–water partition coefficient (Wildman–Crippen LogP) is 1.53. The monoisotopic (exact) mass is 373 g/mol. The van der Waals surface area contributed by atoms with Crippen LogP contribution < -0.4 is 5.32 Å². The summed E-state index contributed by atoms with van der Waals surface area (Å²) in [6.45, 7) is 4.68. The maximum absolute atomic E-state index is 13.1. The molecule has 3 heterocycles. The number of fused-ring (bicyclic) bond motifs is 2. The van der Waals surface area contributed by atoms with Gasteiger partial charge in [0.2, 0.25) is 0 Å². The fraction of sp³-hybridized carbons (Fsp3) is 0.474. The minimum atomic E-state index is -3.03. The van der Waals surface area contributed by atoms with Gasteiger partial charge in [0.15, 0.2) is 9.84 Å². The highest BCUT2D eigenvalue weighted by Gasteiger charge is 2.31. The lowest BCUT2D eigenvalue weighted by molar-refractivity contribution is 0.0940. The van der Waals surface area contributed by atoms with Crippen LogP contribution in [-0.2, 0) is 22.8 Å². The number of aromatic nitrogens is 1. The summed E-state index contributed by atoms with van der Waals surface area (Å²) in [5.74, 6) is 0.00169. The fourth-order valence-electron chi connectivity index (χ4n) is 3.94. The lowest BCUT2D eigenvalue weighted by Crippen LogP contribution is -2.38. The smallest absolute Gasteiger partial charge is 0.252 e. The molecule has 1 saturated heterocycles. The van der Waals surface area contributed by atoms with E-state index in [1.54, 1.807) is 0 Å². The SMILES string of the molecule is CCN1CCc2nc3ccccc3c(C(=O)NC3CCS(=O)(=O)C3)c2C1. The van der Waals surface area contributed by atoms with Crippen molar-refractivity contribution in [1.29, 1.82) is 0 Å². The standard InChI is InChI=1S/C19H23N3O3S/c1-2-22-9-7-17-15(11-22)18(14-5-3-4-6-16(14)21-17)19(23)20-13-8-10-26(24,25)12-13/h3-6,13H,2,7-12H2,1H3,(H,20,23). The van der Waals surface area contributed by atoms with Crippen LogP contribution in [0.2, 0.25) is 0 Å². The summed E-state index contributed by atoms with van der Waals surface area (Å²) in [5.41, 5.74) is 3.45. The average Bonchev–Trinajstić information content (AvgIpc) is 2.97. The molecule has 7 heteroatoms. The topological polar surface area (TPSA) is 79.4 Å². The number of carbonyl (C=O) groups excluding carboxylic acids is 1. The van der Waals surface area contributed by atoms with E-state index in [0.29, 0.717) is 18.5 Å². The molecule has 1 aromatic heterocycles. The number of para-hydroxylation sites is 1. The van der Waals surface area contributed by atoms with E-state index in [0.717, 1.165) is 41.7 Å². The van der Waals surface area contributed by atoms with E-state index in [1.807, 2.05) is 24.3 Å². The van der Waals surface area contributed by atoms with Gasteiger partial charge in [0, 0.05) is 42.2 Å². The Bertz CT molecular complexity index is 971. The van der Waals surface area contributed by atoms with E-state index in [4.69, 9.17) is 4.98 Å². The largest absolute Gasteiger partial charge is 0.348 e. The van der Waals surface area contributed by atoms with Gasteiger partial charge in [-0.15, -0.1) is 0 Å². The molecule has 6 nitrogen and oxygen atoms in total. The first-order chi connectivity index (χ1) is 12.5. The van der Waals surface area contributed by atoms with Crippen molar-refractivity contribution in [2.45, 2.75) is 32.4 Å². The molecule has 0 aliphatic carbocycles. The van der Waals surface area contributed by atoms with Crippen molar-refractivity contribution in [3.05, 3.63) is 41.1 Å². The second-order valence-electron chi connectivity index (χ2n) is 7.12. The van der Waals surface area contributed by atoms with Crippen LogP contribution in [0.25, 0.3) is 10.9 Å². The molecule has 138 valence electrons. The van der Waals surface area contributed by atoms with Gasteiger partial charge in [0.05, 0.1) is 22.6 Å². The summed E-state index contributed by atoms with van der Waals surface area (Å²) in [6, 6.07) is 7.38. The fourth-order valence-corrected chi connectivity index (χ4v) is 5.62. The quantitative estimate of drug-likeness (QED) is 0.883. The van der Waals surface area contributed by atoms with Crippen LogP contribution in [0.1, 0.15) is 35.0 Å². The Labute approximate surface area is 153 Å². The highest BCUT2D eigenvalue weighted by atomic mass is 32.2. The molecule has 0 spiro atoms. The third-order valence-electron chi connectivity index (χ3n) is 5.37. The molecule has 1 unspecified atom stereocenters. The van der Waals surface area contributed by atoms with Crippen LogP contribution in [-0.4, -0.2) is 54.8 Å². The van der Waals surface area contributed by atoms with Crippen LogP contribution in [0.5, 0.6) is 0 Å². The number of nitrogens with one attached hydrogen (secondary N) is 1. The van der Waals surface area contributed by atoms with Gasteiger partial charge in [-0.2, -0.15) is 0 Å². The van der Waals surface area contributed by atoms with E-state index >= 15 is 0 Å². The summed E-state index contributed by atoms with van der Waals surface area (Å²) >= 11 is 0. The molecule has 0 saturated carbocycles. The zero-order valence-corrected chi connectivity index (χ0v) is 15.7. The number of rotatable bonds is 3. The number of pyridine rings is 1. The van der Waals surface area contributed by atoms with Crippen molar-refractivity contribution in [2.75, 3.05) is 24.6 Å².